The lowest BCUT2D eigenvalue weighted by Gasteiger charge is -2.23. The predicted molar refractivity (Wildman–Crippen MR) is 96.6 cm³/mol. The van der Waals surface area contributed by atoms with Crippen molar-refractivity contribution in [2.24, 2.45) is 0 Å². The largest absolute Gasteiger partial charge is 0.416 e. The molecule has 1 saturated heterocycles. The summed E-state index contributed by atoms with van der Waals surface area (Å²) >= 11 is 0. The Morgan fingerprint density at radius 1 is 1.14 bits per heavy atom. The molecular weight excluding hydrogens is 412 g/mol. The Morgan fingerprint density at radius 3 is 2.48 bits per heavy atom. The number of halogens is 4. The molecule has 0 aromatic heterocycles. The van der Waals surface area contributed by atoms with Gasteiger partial charge in [0.2, 0.25) is 15.9 Å². The van der Waals surface area contributed by atoms with Crippen molar-refractivity contribution in [2.45, 2.75) is 36.5 Å². The Balaban J connectivity index is 1.71. The highest BCUT2D eigenvalue weighted by atomic mass is 32.2. The van der Waals surface area contributed by atoms with Crippen molar-refractivity contribution >= 4 is 15.9 Å². The van der Waals surface area contributed by atoms with Gasteiger partial charge in [0.25, 0.3) is 0 Å². The van der Waals surface area contributed by atoms with Gasteiger partial charge in [-0.15, -0.1) is 0 Å². The van der Waals surface area contributed by atoms with Gasteiger partial charge in [0, 0.05) is 13.1 Å². The first kappa shape index (κ1) is 21.3. The molecule has 1 heterocycles. The molecule has 1 N–H and O–H groups in total. The fourth-order valence-corrected chi connectivity index (χ4v) is 4.85. The summed E-state index contributed by atoms with van der Waals surface area (Å²) in [5, 5.41) is 2.51. The number of carbonyl (C=O) groups is 1. The number of hydrogen-bond acceptors (Lipinski definition) is 3. The maximum absolute atomic E-state index is 13.1. The van der Waals surface area contributed by atoms with E-state index in [4.69, 9.17) is 0 Å². The van der Waals surface area contributed by atoms with Gasteiger partial charge in [-0.2, -0.15) is 17.5 Å². The van der Waals surface area contributed by atoms with E-state index in [1.807, 2.05) is 0 Å². The molecule has 1 aliphatic rings. The van der Waals surface area contributed by atoms with Gasteiger partial charge in [-0.25, -0.2) is 12.8 Å². The smallest absolute Gasteiger partial charge is 0.351 e. The van der Waals surface area contributed by atoms with Crippen LogP contribution >= 0.6 is 0 Å². The first-order chi connectivity index (χ1) is 13.6. The zero-order valence-electron chi connectivity index (χ0n) is 15.1. The molecule has 2 aromatic rings. The van der Waals surface area contributed by atoms with Crippen molar-refractivity contribution < 1.29 is 30.8 Å². The normalized spacial score (nSPS) is 18.0. The molecule has 1 aliphatic heterocycles. The molecule has 0 bridgehead atoms. The van der Waals surface area contributed by atoms with Gasteiger partial charge < -0.3 is 5.32 Å². The van der Waals surface area contributed by atoms with E-state index in [2.05, 4.69) is 5.32 Å². The number of hydrogen-bond donors (Lipinski definition) is 1. The average molecular weight is 430 g/mol. The van der Waals surface area contributed by atoms with Crippen LogP contribution in [0.4, 0.5) is 17.6 Å². The number of amides is 1. The summed E-state index contributed by atoms with van der Waals surface area (Å²) in [4.78, 5) is 12.4. The molecule has 1 atom stereocenters. The van der Waals surface area contributed by atoms with Crippen LogP contribution in [-0.2, 0) is 27.5 Å². The fraction of sp³-hybridized carbons (Fsp3) is 0.316. The second-order valence-corrected chi connectivity index (χ2v) is 8.53. The first-order valence-corrected chi connectivity index (χ1v) is 10.2. The molecule has 29 heavy (non-hydrogen) atoms. The van der Waals surface area contributed by atoms with E-state index in [0.29, 0.717) is 6.42 Å². The van der Waals surface area contributed by atoms with Crippen molar-refractivity contribution in [1.82, 2.24) is 9.62 Å². The predicted octanol–water partition coefficient (Wildman–Crippen LogP) is 3.31. The highest BCUT2D eigenvalue weighted by Gasteiger charge is 2.39. The molecule has 0 saturated carbocycles. The topological polar surface area (TPSA) is 66.5 Å². The molecule has 10 heteroatoms. The number of nitrogens with one attached hydrogen (secondary N) is 1. The summed E-state index contributed by atoms with van der Waals surface area (Å²) in [5.41, 5.74) is -0.579. The molecule has 0 aliphatic carbocycles. The average Bonchev–Trinajstić information content (AvgIpc) is 3.17. The number of alkyl halides is 3. The second kappa shape index (κ2) is 8.11. The van der Waals surface area contributed by atoms with E-state index < -0.39 is 39.5 Å². The molecule has 1 fully saturated rings. The van der Waals surface area contributed by atoms with Crippen LogP contribution in [0.2, 0.25) is 0 Å². The fourth-order valence-electron chi connectivity index (χ4n) is 3.20. The third kappa shape index (κ3) is 4.76. The maximum Gasteiger partial charge on any atom is 0.416 e. The Morgan fingerprint density at radius 2 is 1.83 bits per heavy atom. The molecule has 3 rings (SSSR count). The molecule has 0 spiro atoms. The SMILES string of the molecule is O=C(NCc1cccc(C(F)(F)F)c1)C1CCCN1S(=O)(=O)c1ccc(F)cc1. The summed E-state index contributed by atoms with van der Waals surface area (Å²) in [5.74, 6) is -1.17. The van der Waals surface area contributed by atoms with Crippen LogP contribution < -0.4 is 5.32 Å². The minimum atomic E-state index is -4.49. The number of nitrogens with zero attached hydrogens (tertiary/aromatic N) is 1. The number of carbonyl (C=O) groups excluding carboxylic acids is 1. The molecule has 1 unspecified atom stereocenters. The van der Waals surface area contributed by atoms with Crippen molar-refractivity contribution in [3.8, 4) is 0 Å². The van der Waals surface area contributed by atoms with Crippen LogP contribution in [0.3, 0.4) is 0 Å². The minimum absolute atomic E-state index is 0.126. The molecule has 5 nitrogen and oxygen atoms in total. The Kier molecular flexibility index (Phi) is 5.95. The van der Waals surface area contributed by atoms with Gasteiger partial charge >= 0.3 is 6.18 Å². The lowest BCUT2D eigenvalue weighted by atomic mass is 10.1. The van der Waals surface area contributed by atoms with Crippen LogP contribution in [0.1, 0.15) is 24.0 Å². The first-order valence-electron chi connectivity index (χ1n) is 8.80. The summed E-state index contributed by atoms with van der Waals surface area (Å²) in [6.07, 6.45) is -3.75. The van der Waals surface area contributed by atoms with Crippen LogP contribution in [0, 0.1) is 5.82 Å². The molecular formula is C19H18F4N2O3S. The van der Waals surface area contributed by atoms with Crippen LogP contribution in [0.25, 0.3) is 0 Å². The monoisotopic (exact) mass is 430 g/mol. The summed E-state index contributed by atoms with van der Waals surface area (Å²) < 4.78 is 78.1. The summed E-state index contributed by atoms with van der Waals surface area (Å²) in [6.45, 7) is -0.0367. The van der Waals surface area contributed by atoms with E-state index in [-0.39, 0.29) is 30.0 Å². The second-order valence-electron chi connectivity index (χ2n) is 6.64. The van der Waals surface area contributed by atoms with Crippen LogP contribution in [0.5, 0.6) is 0 Å². The maximum atomic E-state index is 13.1. The van der Waals surface area contributed by atoms with Gasteiger partial charge in [-0.1, -0.05) is 12.1 Å². The van der Waals surface area contributed by atoms with E-state index in [9.17, 15) is 30.8 Å². The minimum Gasteiger partial charge on any atom is -0.351 e. The van der Waals surface area contributed by atoms with Crippen LogP contribution in [0.15, 0.2) is 53.4 Å². The zero-order valence-corrected chi connectivity index (χ0v) is 15.9. The quantitative estimate of drug-likeness (QED) is 0.741. The van der Waals surface area contributed by atoms with Gasteiger partial charge in [0.15, 0.2) is 0 Å². The Hall–Kier alpha value is -2.46. The van der Waals surface area contributed by atoms with Crippen molar-refractivity contribution in [3.05, 3.63) is 65.5 Å². The molecule has 1 amide bonds. The third-order valence-corrected chi connectivity index (χ3v) is 6.57. The number of rotatable bonds is 5. The van der Waals surface area contributed by atoms with Gasteiger partial charge in [0.1, 0.15) is 11.9 Å². The van der Waals surface area contributed by atoms with Crippen molar-refractivity contribution in [1.29, 1.82) is 0 Å². The van der Waals surface area contributed by atoms with Gasteiger partial charge in [0.05, 0.1) is 10.5 Å². The summed E-state index contributed by atoms with van der Waals surface area (Å²) in [7, 11) is -4.00. The standard InChI is InChI=1S/C19H18F4N2O3S/c20-15-6-8-16(9-7-15)29(27,28)25-10-2-5-17(25)18(26)24-12-13-3-1-4-14(11-13)19(21,22)23/h1,3-4,6-9,11,17H,2,5,10,12H2,(H,24,26). The van der Waals surface area contributed by atoms with Crippen molar-refractivity contribution in [3.63, 3.8) is 0 Å². The van der Waals surface area contributed by atoms with Crippen LogP contribution in [-0.4, -0.2) is 31.2 Å². The van der Waals surface area contributed by atoms with E-state index in [1.165, 1.54) is 12.1 Å². The molecule has 156 valence electrons. The van der Waals surface area contributed by atoms with E-state index in [1.54, 1.807) is 0 Å². The van der Waals surface area contributed by atoms with Gasteiger partial charge in [-0.05, 0) is 54.8 Å². The molecule has 2 aromatic carbocycles. The lowest BCUT2D eigenvalue weighted by molar-refractivity contribution is -0.137. The number of sulfonamides is 1. The van der Waals surface area contributed by atoms with E-state index in [0.717, 1.165) is 40.7 Å². The third-order valence-electron chi connectivity index (χ3n) is 4.65. The zero-order chi connectivity index (χ0) is 21.2. The van der Waals surface area contributed by atoms with E-state index >= 15 is 0 Å². The Labute approximate surface area is 165 Å². The number of benzene rings is 2. The highest BCUT2D eigenvalue weighted by molar-refractivity contribution is 7.89. The van der Waals surface area contributed by atoms with Crippen molar-refractivity contribution in [2.75, 3.05) is 6.54 Å². The Bertz CT molecular complexity index is 991. The summed E-state index contributed by atoms with van der Waals surface area (Å²) in [6, 6.07) is 7.86. The highest BCUT2D eigenvalue weighted by Crippen LogP contribution is 2.30. The lowest BCUT2D eigenvalue weighted by Crippen LogP contribution is -2.45. The van der Waals surface area contributed by atoms with Gasteiger partial charge in [-0.3, -0.25) is 4.79 Å². The molecule has 0 radical (unpaired) electrons.